The zero-order chi connectivity index (χ0) is 21.2. The molecule has 1 amide bonds. The topological polar surface area (TPSA) is 112 Å². The predicted molar refractivity (Wildman–Crippen MR) is 120 cm³/mol. The Kier molecular flexibility index (Phi) is 4.87. The molecule has 0 aliphatic carbocycles. The monoisotopic (exact) mass is 411 g/mol. The van der Waals surface area contributed by atoms with Gasteiger partial charge >= 0.3 is 0 Å². The van der Waals surface area contributed by atoms with E-state index in [1.807, 2.05) is 36.4 Å². The number of fused-ring (bicyclic) bond motifs is 2. The van der Waals surface area contributed by atoms with Gasteiger partial charge in [-0.1, -0.05) is 25.5 Å². The van der Waals surface area contributed by atoms with Crippen molar-refractivity contribution in [2.75, 3.05) is 5.32 Å². The van der Waals surface area contributed by atoms with E-state index in [-0.39, 0.29) is 5.91 Å². The van der Waals surface area contributed by atoms with Crippen molar-refractivity contribution in [3.63, 3.8) is 0 Å². The highest BCUT2D eigenvalue weighted by Crippen LogP contribution is 2.29. The summed E-state index contributed by atoms with van der Waals surface area (Å²) in [5.74, 6) is 0.703. The van der Waals surface area contributed by atoms with E-state index in [1.54, 1.807) is 18.6 Å². The van der Waals surface area contributed by atoms with Crippen molar-refractivity contribution in [2.24, 2.45) is 0 Å². The van der Waals surface area contributed by atoms with E-state index in [0.717, 1.165) is 46.1 Å². The summed E-state index contributed by atoms with van der Waals surface area (Å²) in [4.78, 5) is 28.8. The first kappa shape index (κ1) is 18.9. The number of benzene rings is 1. The molecule has 0 saturated carbocycles. The van der Waals surface area contributed by atoms with Gasteiger partial charge in [0.1, 0.15) is 5.69 Å². The third kappa shape index (κ3) is 3.75. The third-order valence-corrected chi connectivity index (χ3v) is 5.15. The number of para-hydroxylation sites is 2. The summed E-state index contributed by atoms with van der Waals surface area (Å²) in [5.41, 5.74) is 5.64. The first-order valence-corrected chi connectivity index (χ1v) is 10.3. The SMILES string of the molecule is CCCCC(=O)Nc1cncc(-c2cnc3n[nH]c(-c4nc5ccccc5[nH]4)c3c2)c1. The molecule has 0 unspecified atom stereocenters. The van der Waals surface area contributed by atoms with Crippen molar-refractivity contribution in [3.8, 4) is 22.6 Å². The minimum absolute atomic E-state index is 0.00335. The third-order valence-electron chi connectivity index (χ3n) is 5.15. The lowest BCUT2D eigenvalue weighted by atomic mass is 10.1. The fourth-order valence-corrected chi connectivity index (χ4v) is 3.54. The van der Waals surface area contributed by atoms with Gasteiger partial charge in [-0.15, -0.1) is 0 Å². The summed E-state index contributed by atoms with van der Waals surface area (Å²) in [6, 6.07) is 11.8. The molecule has 0 radical (unpaired) electrons. The molecule has 0 bridgehead atoms. The highest BCUT2D eigenvalue weighted by molar-refractivity contribution is 5.94. The molecule has 5 aromatic rings. The van der Waals surface area contributed by atoms with E-state index in [2.05, 4.69) is 42.4 Å². The maximum Gasteiger partial charge on any atom is 0.224 e. The number of hydrogen-bond donors (Lipinski definition) is 3. The van der Waals surface area contributed by atoms with Crippen LogP contribution in [0, 0.1) is 0 Å². The van der Waals surface area contributed by atoms with Crippen LogP contribution in [0.3, 0.4) is 0 Å². The van der Waals surface area contributed by atoms with E-state index < -0.39 is 0 Å². The van der Waals surface area contributed by atoms with Crippen LogP contribution in [0.4, 0.5) is 5.69 Å². The van der Waals surface area contributed by atoms with Crippen LogP contribution in [0.1, 0.15) is 26.2 Å². The number of aromatic amines is 2. The van der Waals surface area contributed by atoms with Crippen molar-refractivity contribution in [1.82, 2.24) is 30.1 Å². The number of pyridine rings is 2. The molecule has 3 N–H and O–H groups in total. The number of carbonyl (C=O) groups is 1. The number of hydrogen-bond acceptors (Lipinski definition) is 5. The number of imidazole rings is 1. The maximum absolute atomic E-state index is 12.1. The molecular weight excluding hydrogens is 390 g/mol. The predicted octanol–water partition coefficient (Wildman–Crippen LogP) is 4.69. The number of nitrogens with one attached hydrogen (secondary N) is 3. The molecule has 5 rings (SSSR count). The number of H-pyrrole nitrogens is 2. The van der Waals surface area contributed by atoms with Crippen molar-refractivity contribution >= 4 is 33.7 Å². The van der Waals surface area contributed by atoms with Gasteiger partial charge in [0.15, 0.2) is 11.5 Å². The fourth-order valence-electron chi connectivity index (χ4n) is 3.54. The van der Waals surface area contributed by atoms with Crippen LogP contribution in [0.2, 0.25) is 0 Å². The number of anilines is 1. The standard InChI is InChI=1S/C23H21N7O/c1-2-3-8-20(31)26-16-9-14(11-24-13-16)15-10-17-21(29-30-22(17)25-12-15)23-27-18-6-4-5-7-19(18)28-23/h4-7,9-13H,2-3,8H2,1H3,(H,26,31)(H,27,28)(H,25,29,30). The fraction of sp³-hybridized carbons (Fsp3) is 0.174. The molecule has 154 valence electrons. The number of carbonyl (C=O) groups excluding carboxylic acids is 1. The van der Waals surface area contributed by atoms with Gasteiger partial charge in [-0.25, -0.2) is 9.97 Å². The van der Waals surface area contributed by atoms with Crippen LogP contribution < -0.4 is 5.32 Å². The van der Waals surface area contributed by atoms with E-state index in [4.69, 9.17) is 0 Å². The van der Waals surface area contributed by atoms with Crippen LogP contribution in [0.15, 0.2) is 55.0 Å². The van der Waals surface area contributed by atoms with Crippen molar-refractivity contribution in [3.05, 3.63) is 55.0 Å². The number of amides is 1. The molecule has 0 spiro atoms. The van der Waals surface area contributed by atoms with Crippen LogP contribution in [-0.2, 0) is 4.79 Å². The van der Waals surface area contributed by atoms with Crippen molar-refractivity contribution < 1.29 is 4.79 Å². The van der Waals surface area contributed by atoms with Gasteiger partial charge in [0.05, 0.1) is 28.3 Å². The van der Waals surface area contributed by atoms with E-state index >= 15 is 0 Å². The van der Waals surface area contributed by atoms with Crippen LogP contribution in [0.5, 0.6) is 0 Å². The Morgan fingerprint density at radius 1 is 1.10 bits per heavy atom. The molecule has 1 aromatic carbocycles. The molecule has 0 saturated heterocycles. The normalized spacial score (nSPS) is 11.3. The molecule has 0 atom stereocenters. The zero-order valence-corrected chi connectivity index (χ0v) is 17.0. The Labute approximate surface area is 178 Å². The molecule has 0 fully saturated rings. The molecule has 0 aliphatic rings. The highest BCUT2D eigenvalue weighted by atomic mass is 16.1. The molecule has 0 aliphatic heterocycles. The van der Waals surface area contributed by atoms with Crippen LogP contribution >= 0.6 is 0 Å². The number of unbranched alkanes of at least 4 members (excludes halogenated alkanes) is 1. The summed E-state index contributed by atoms with van der Waals surface area (Å²) in [7, 11) is 0. The molecule has 31 heavy (non-hydrogen) atoms. The van der Waals surface area contributed by atoms with Gasteiger partial charge in [-0.05, 0) is 30.7 Å². The quantitative estimate of drug-likeness (QED) is 0.375. The van der Waals surface area contributed by atoms with E-state index in [9.17, 15) is 4.79 Å². The Morgan fingerprint density at radius 3 is 2.84 bits per heavy atom. The Morgan fingerprint density at radius 2 is 1.97 bits per heavy atom. The van der Waals surface area contributed by atoms with Gasteiger partial charge in [0, 0.05) is 29.9 Å². The van der Waals surface area contributed by atoms with Crippen molar-refractivity contribution in [2.45, 2.75) is 26.2 Å². The van der Waals surface area contributed by atoms with Gasteiger partial charge in [0.25, 0.3) is 0 Å². The Hall–Kier alpha value is -4.07. The highest BCUT2D eigenvalue weighted by Gasteiger charge is 2.14. The van der Waals surface area contributed by atoms with Crippen LogP contribution in [-0.4, -0.2) is 36.0 Å². The van der Waals surface area contributed by atoms with Gasteiger partial charge in [0.2, 0.25) is 5.91 Å². The number of rotatable bonds is 6. The summed E-state index contributed by atoms with van der Waals surface area (Å²) in [5, 5.41) is 11.1. The summed E-state index contributed by atoms with van der Waals surface area (Å²) >= 11 is 0. The zero-order valence-electron chi connectivity index (χ0n) is 17.0. The Bertz CT molecular complexity index is 1350. The van der Waals surface area contributed by atoms with Gasteiger partial charge in [-0.2, -0.15) is 5.10 Å². The number of nitrogens with zero attached hydrogens (tertiary/aromatic N) is 4. The summed E-state index contributed by atoms with van der Waals surface area (Å²) in [6.07, 6.45) is 7.51. The second-order valence-electron chi connectivity index (χ2n) is 7.41. The largest absolute Gasteiger partial charge is 0.337 e. The summed E-state index contributed by atoms with van der Waals surface area (Å²) in [6.45, 7) is 2.06. The molecule has 8 heteroatoms. The molecular formula is C23H21N7O. The van der Waals surface area contributed by atoms with Crippen LogP contribution in [0.25, 0.3) is 44.7 Å². The first-order valence-electron chi connectivity index (χ1n) is 10.3. The molecule has 8 nitrogen and oxygen atoms in total. The average Bonchev–Trinajstić information content (AvgIpc) is 3.41. The minimum Gasteiger partial charge on any atom is -0.337 e. The Balaban J connectivity index is 1.49. The van der Waals surface area contributed by atoms with Crippen molar-refractivity contribution in [1.29, 1.82) is 0 Å². The lowest BCUT2D eigenvalue weighted by Gasteiger charge is -2.07. The van der Waals surface area contributed by atoms with Gasteiger partial charge in [-0.3, -0.25) is 14.9 Å². The molecule has 4 heterocycles. The lowest BCUT2D eigenvalue weighted by molar-refractivity contribution is -0.116. The van der Waals surface area contributed by atoms with E-state index in [1.165, 1.54) is 0 Å². The molecule has 4 aromatic heterocycles. The lowest BCUT2D eigenvalue weighted by Crippen LogP contribution is -2.11. The summed E-state index contributed by atoms with van der Waals surface area (Å²) < 4.78 is 0. The second kappa shape index (κ2) is 7.98. The smallest absolute Gasteiger partial charge is 0.224 e. The van der Waals surface area contributed by atoms with Gasteiger partial charge < -0.3 is 10.3 Å². The minimum atomic E-state index is -0.00335. The number of aromatic nitrogens is 6. The maximum atomic E-state index is 12.1. The van der Waals surface area contributed by atoms with E-state index in [0.29, 0.717) is 23.6 Å². The average molecular weight is 411 g/mol. The first-order chi connectivity index (χ1) is 15.2. The second-order valence-corrected chi connectivity index (χ2v) is 7.41.